The lowest BCUT2D eigenvalue weighted by molar-refractivity contribution is -0.139. The van der Waals surface area contributed by atoms with Gasteiger partial charge in [0.15, 0.2) is 0 Å². The van der Waals surface area contributed by atoms with Gasteiger partial charge in [-0.25, -0.2) is 8.42 Å². The van der Waals surface area contributed by atoms with Crippen molar-refractivity contribution in [1.82, 2.24) is 4.72 Å². The Morgan fingerprint density at radius 3 is 2.70 bits per heavy atom. The second-order valence-corrected chi connectivity index (χ2v) is 7.86. The van der Waals surface area contributed by atoms with E-state index in [1.54, 1.807) is 0 Å². The summed E-state index contributed by atoms with van der Waals surface area (Å²) in [4.78, 5) is 10.9. The summed E-state index contributed by atoms with van der Waals surface area (Å²) in [5.41, 5.74) is 0. The maximum atomic E-state index is 12.2. The van der Waals surface area contributed by atoms with Crippen LogP contribution in [0.4, 0.5) is 0 Å². The highest BCUT2D eigenvalue weighted by Crippen LogP contribution is 2.25. The van der Waals surface area contributed by atoms with E-state index in [-0.39, 0.29) is 16.3 Å². The first-order valence-electron chi connectivity index (χ1n) is 5.47. The van der Waals surface area contributed by atoms with Gasteiger partial charge in [0.2, 0.25) is 10.0 Å². The van der Waals surface area contributed by atoms with Crippen LogP contribution in [-0.4, -0.2) is 37.5 Å². The van der Waals surface area contributed by atoms with Gasteiger partial charge in [-0.3, -0.25) is 4.79 Å². The standard InChI is InChI=1S/C11H13BrClNO4S2/c1-19-5-4-9(11(15)16)14-20(17,18)10-3-2-7(12)6-8(10)13/h2-3,6,9,14H,4-5H2,1H3,(H,15,16). The normalized spacial score (nSPS) is 13.2. The largest absolute Gasteiger partial charge is 0.480 e. The molecule has 0 heterocycles. The molecule has 0 spiro atoms. The maximum absolute atomic E-state index is 12.2. The molecule has 1 rings (SSSR count). The molecule has 0 amide bonds. The summed E-state index contributed by atoms with van der Waals surface area (Å²) in [5, 5.41) is 9.08. The molecule has 1 aromatic carbocycles. The zero-order valence-electron chi connectivity index (χ0n) is 10.5. The number of hydrogen-bond acceptors (Lipinski definition) is 4. The Morgan fingerprint density at radius 1 is 1.55 bits per heavy atom. The lowest BCUT2D eigenvalue weighted by Gasteiger charge is -2.15. The molecule has 0 aliphatic heterocycles. The van der Waals surface area contributed by atoms with E-state index in [2.05, 4.69) is 20.7 Å². The third-order valence-electron chi connectivity index (χ3n) is 2.39. The molecule has 0 saturated carbocycles. The quantitative estimate of drug-likeness (QED) is 0.732. The molecule has 2 N–H and O–H groups in total. The van der Waals surface area contributed by atoms with Crippen molar-refractivity contribution in [2.24, 2.45) is 0 Å². The van der Waals surface area contributed by atoms with E-state index in [9.17, 15) is 13.2 Å². The maximum Gasteiger partial charge on any atom is 0.321 e. The SMILES string of the molecule is CSCCC(NS(=O)(=O)c1ccc(Br)cc1Cl)C(=O)O. The number of hydrogen-bond donors (Lipinski definition) is 2. The lowest BCUT2D eigenvalue weighted by Crippen LogP contribution is -2.41. The minimum absolute atomic E-state index is 0.0286. The molecule has 0 saturated heterocycles. The van der Waals surface area contributed by atoms with E-state index in [0.717, 1.165) is 0 Å². The number of carbonyl (C=O) groups is 1. The van der Waals surface area contributed by atoms with Crippen molar-refractivity contribution in [2.45, 2.75) is 17.4 Å². The minimum atomic E-state index is -3.98. The number of carboxylic acid groups (broad SMARTS) is 1. The molecule has 9 heteroatoms. The number of carboxylic acids is 1. The highest BCUT2D eigenvalue weighted by Gasteiger charge is 2.26. The van der Waals surface area contributed by atoms with Crippen LogP contribution in [-0.2, 0) is 14.8 Å². The molecule has 1 unspecified atom stereocenters. The molecular weight excluding hydrogens is 390 g/mol. The fourth-order valence-electron chi connectivity index (χ4n) is 1.41. The van der Waals surface area contributed by atoms with Crippen molar-refractivity contribution < 1.29 is 18.3 Å². The molecule has 112 valence electrons. The van der Waals surface area contributed by atoms with Gasteiger partial charge in [-0.05, 0) is 36.6 Å². The second kappa shape index (κ2) is 7.65. The van der Waals surface area contributed by atoms with Gasteiger partial charge >= 0.3 is 5.97 Å². The number of sulfonamides is 1. The molecule has 0 aromatic heterocycles. The summed E-state index contributed by atoms with van der Waals surface area (Å²) < 4.78 is 27.1. The molecule has 0 fully saturated rings. The molecule has 20 heavy (non-hydrogen) atoms. The molecule has 1 atom stereocenters. The average Bonchev–Trinajstić information content (AvgIpc) is 2.33. The Bertz CT molecular complexity index is 594. The molecule has 0 aliphatic rings. The van der Waals surface area contributed by atoms with Crippen LogP contribution in [0.1, 0.15) is 6.42 Å². The van der Waals surface area contributed by atoms with Gasteiger partial charge in [-0.2, -0.15) is 16.5 Å². The van der Waals surface area contributed by atoms with Crippen molar-refractivity contribution in [3.8, 4) is 0 Å². The topological polar surface area (TPSA) is 83.5 Å². The van der Waals surface area contributed by atoms with E-state index < -0.39 is 22.0 Å². The van der Waals surface area contributed by atoms with Crippen LogP contribution < -0.4 is 4.72 Å². The third-order valence-corrected chi connectivity index (χ3v) is 5.48. The van der Waals surface area contributed by atoms with E-state index in [0.29, 0.717) is 10.2 Å². The van der Waals surface area contributed by atoms with Gasteiger partial charge in [0.05, 0.1) is 5.02 Å². The number of aliphatic carboxylic acids is 1. The van der Waals surface area contributed by atoms with Crippen molar-refractivity contribution in [1.29, 1.82) is 0 Å². The van der Waals surface area contributed by atoms with Crippen LogP contribution in [0.2, 0.25) is 5.02 Å². The Balaban J connectivity index is 3.00. The van der Waals surface area contributed by atoms with Crippen molar-refractivity contribution in [2.75, 3.05) is 12.0 Å². The minimum Gasteiger partial charge on any atom is -0.480 e. The number of thioether (sulfide) groups is 1. The van der Waals surface area contributed by atoms with Gasteiger partial charge in [-0.15, -0.1) is 0 Å². The van der Waals surface area contributed by atoms with Gasteiger partial charge < -0.3 is 5.11 Å². The number of benzene rings is 1. The van der Waals surface area contributed by atoms with Gasteiger partial charge in [0.25, 0.3) is 0 Å². The highest BCUT2D eigenvalue weighted by molar-refractivity contribution is 9.10. The zero-order valence-corrected chi connectivity index (χ0v) is 14.4. The molecule has 1 aromatic rings. The molecule has 0 aliphatic carbocycles. The van der Waals surface area contributed by atoms with Crippen LogP contribution in [0.15, 0.2) is 27.6 Å². The number of nitrogens with one attached hydrogen (secondary N) is 1. The fourth-order valence-corrected chi connectivity index (χ4v) is 4.15. The smallest absolute Gasteiger partial charge is 0.321 e. The summed E-state index contributed by atoms with van der Waals surface area (Å²) in [7, 11) is -3.98. The molecule has 0 bridgehead atoms. The summed E-state index contributed by atoms with van der Waals surface area (Å²) in [6, 6.07) is 3.11. The van der Waals surface area contributed by atoms with E-state index in [4.69, 9.17) is 16.7 Å². The predicted molar refractivity (Wildman–Crippen MR) is 83.9 cm³/mol. The molecular formula is C11H13BrClNO4S2. The Kier molecular flexibility index (Phi) is 6.80. The summed E-state index contributed by atoms with van der Waals surface area (Å²) in [5.74, 6) is -0.677. The van der Waals surface area contributed by atoms with Crippen LogP contribution in [0.3, 0.4) is 0 Å². The fraction of sp³-hybridized carbons (Fsp3) is 0.364. The van der Waals surface area contributed by atoms with Gasteiger partial charge in [0, 0.05) is 4.47 Å². The first kappa shape index (κ1) is 17.8. The van der Waals surface area contributed by atoms with Crippen LogP contribution >= 0.6 is 39.3 Å². The summed E-state index contributed by atoms with van der Waals surface area (Å²) in [6.07, 6.45) is 2.02. The lowest BCUT2D eigenvalue weighted by atomic mass is 10.2. The number of halogens is 2. The van der Waals surface area contributed by atoms with Crippen LogP contribution in [0.5, 0.6) is 0 Å². The van der Waals surface area contributed by atoms with Crippen molar-refractivity contribution in [3.05, 3.63) is 27.7 Å². The van der Waals surface area contributed by atoms with Gasteiger partial charge in [0.1, 0.15) is 10.9 Å². The average molecular weight is 403 g/mol. The third kappa shape index (κ3) is 4.92. The first-order valence-corrected chi connectivity index (χ1v) is 9.52. The molecule has 5 nitrogen and oxygen atoms in total. The summed E-state index contributed by atoms with van der Waals surface area (Å²) in [6.45, 7) is 0. The van der Waals surface area contributed by atoms with E-state index in [1.165, 1.54) is 30.0 Å². The Labute approximate surface area is 135 Å². The van der Waals surface area contributed by atoms with Crippen LogP contribution in [0.25, 0.3) is 0 Å². The summed E-state index contributed by atoms with van der Waals surface area (Å²) >= 11 is 10.5. The van der Waals surface area contributed by atoms with Crippen molar-refractivity contribution >= 4 is 55.3 Å². The van der Waals surface area contributed by atoms with E-state index in [1.807, 2.05) is 6.26 Å². The van der Waals surface area contributed by atoms with Crippen molar-refractivity contribution in [3.63, 3.8) is 0 Å². The Morgan fingerprint density at radius 2 is 2.20 bits per heavy atom. The number of rotatable bonds is 7. The van der Waals surface area contributed by atoms with Crippen LogP contribution in [0, 0.1) is 0 Å². The Hall–Kier alpha value is -0.280. The van der Waals surface area contributed by atoms with Gasteiger partial charge in [-0.1, -0.05) is 27.5 Å². The monoisotopic (exact) mass is 401 g/mol. The second-order valence-electron chi connectivity index (χ2n) is 3.87. The zero-order chi connectivity index (χ0) is 15.3. The highest BCUT2D eigenvalue weighted by atomic mass is 79.9. The van der Waals surface area contributed by atoms with E-state index >= 15 is 0 Å². The molecule has 0 radical (unpaired) electrons. The predicted octanol–water partition coefficient (Wildman–Crippen LogP) is 2.59. The first-order chi connectivity index (χ1) is 9.27.